The van der Waals surface area contributed by atoms with Gasteiger partial charge < -0.3 is 10.2 Å². The quantitative estimate of drug-likeness (QED) is 0.907. The second kappa shape index (κ2) is 6.15. The Bertz CT molecular complexity index is 450. The molecule has 0 saturated carbocycles. The second-order valence-corrected chi connectivity index (χ2v) is 5.19. The summed E-state index contributed by atoms with van der Waals surface area (Å²) in [4.78, 5) is 14.3. The minimum absolute atomic E-state index is 0.0885. The van der Waals surface area contributed by atoms with Crippen molar-refractivity contribution in [1.82, 2.24) is 10.2 Å². The van der Waals surface area contributed by atoms with Crippen LogP contribution in [0.2, 0.25) is 0 Å². The number of carbonyl (C=O) groups is 1. The SMILES string of the molecule is CNC1CCCN(C(=O)C(C)c2cccc(F)c2)C1. The van der Waals surface area contributed by atoms with Crippen molar-refractivity contribution >= 4 is 5.91 Å². The topological polar surface area (TPSA) is 32.3 Å². The van der Waals surface area contributed by atoms with Crippen molar-refractivity contribution in [3.63, 3.8) is 0 Å². The zero-order valence-electron chi connectivity index (χ0n) is 11.5. The molecule has 4 heteroatoms. The Morgan fingerprint density at radius 3 is 3.00 bits per heavy atom. The lowest BCUT2D eigenvalue weighted by molar-refractivity contribution is -0.133. The fourth-order valence-corrected chi connectivity index (χ4v) is 2.61. The summed E-state index contributed by atoms with van der Waals surface area (Å²) in [6.07, 6.45) is 2.13. The van der Waals surface area contributed by atoms with Crippen LogP contribution < -0.4 is 5.32 Å². The molecule has 2 unspecified atom stereocenters. The van der Waals surface area contributed by atoms with E-state index in [1.807, 2.05) is 24.9 Å². The van der Waals surface area contributed by atoms with E-state index in [-0.39, 0.29) is 17.6 Å². The molecule has 0 aromatic heterocycles. The van der Waals surface area contributed by atoms with Crippen molar-refractivity contribution < 1.29 is 9.18 Å². The summed E-state index contributed by atoms with van der Waals surface area (Å²) in [5, 5.41) is 3.22. The van der Waals surface area contributed by atoms with E-state index >= 15 is 0 Å². The number of hydrogen-bond acceptors (Lipinski definition) is 2. The van der Waals surface area contributed by atoms with E-state index in [0.29, 0.717) is 6.04 Å². The average Bonchev–Trinajstić information content (AvgIpc) is 2.45. The highest BCUT2D eigenvalue weighted by Gasteiger charge is 2.26. The van der Waals surface area contributed by atoms with Crippen LogP contribution in [0, 0.1) is 5.82 Å². The summed E-state index contributed by atoms with van der Waals surface area (Å²) < 4.78 is 13.2. The molecular formula is C15H21FN2O. The molecule has 104 valence electrons. The van der Waals surface area contributed by atoms with Gasteiger partial charge in [0.15, 0.2) is 0 Å². The van der Waals surface area contributed by atoms with Crippen LogP contribution in [0.1, 0.15) is 31.2 Å². The van der Waals surface area contributed by atoms with Gasteiger partial charge in [0.05, 0.1) is 5.92 Å². The molecule has 3 nitrogen and oxygen atoms in total. The number of carbonyl (C=O) groups excluding carboxylic acids is 1. The molecule has 0 aliphatic carbocycles. The molecule has 1 amide bonds. The number of nitrogens with one attached hydrogen (secondary N) is 1. The lowest BCUT2D eigenvalue weighted by Crippen LogP contribution is -2.48. The maximum Gasteiger partial charge on any atom is 0.229 e. The summed E-state index contributed by atoms with van der Waals surface area (Å²) >= 11 is 0. The van der Waals surface area contributed by atoms with E-state index in [1.165, 1.54) is 12.1 Å². The third kappa shape index (κ3) is 3.32. The van der Waals surface area contributed by atoms with Crippen LogP contribution >= 0.6 is 0 Å². The number of halogens is 1. The van der Waals surface area contributed by atoms with Crippen LogP contribution in [0.25, 0.3) is 0 Å². The summed E-state index contributed by atoms with van der Waals surface area (Å²) in [5.41, 5.74) is 0.747. The fourth-order valence-electron chi connectivity index (χ4n) is 2.61. The Morgan fingerprint density at radius 1 is 1.53 bits per heavy atom. The van der Waals surface area contributed by atoms with E-state index < -0.39 is 0 Å². The Hall–Kier alpha value is -1.42. The number of amides is 1. The third-order valence-electron chi connectivity index (χ3n) is 3.86. The molecule has 1 aromatic carbocycles. The summed E-state index contributed by atoms with van der Waals surface area (Å²) in [7, 11) is 1.93. The maximum absolute atomic E-state index is 13.2. The van der Waals surface area contributed by atoms with Gasteiger partial charge in [-0.3, -0.25) is 4.79 Å². The molecule has 19 heavy (non-hydrogen) atoms. The first-order valence-electron chi connectivity index (χ1n) is 6.83. The van der Waals surface area contributed by atoms with Gasteiger partial charge in [-0.25, -0.2) is 4.39 Å². The lowest BCUT2D eigenvalue weighted by atomic mass is 9.97. The molecule has 0 radical (unpaired) electrons. The first kappa shape index (κ1) is 14.0. The molecular weight excluding hydrogens is 243 g/mol. The molecule has 1 aliphatic rings. The highest BCUT2D eigenvalue weighted by Crippen LogP contribution is 2.21. The third-order valence-corrected chi connectivity index (χ3v) is 3.86. The first-order chi connectivity index (χ1) is 9.11. The van der Waals surface area contributed by atoms with Crippen LogP contribution in [-0.4, -0.2) is 37.0 Å². The molecule has 1 N–H and O–H groups in total. The van der Waals surface area contributed by atoms with Crippen molar-refractivity contribution in [2.24, 2.45) is 0 Å². The lowest BCUT2D eigenvalue weighted by Gasteiger charge is -2.34. The van der Waals surface area contributed by atoms with Gasteiger partial charge in [-0.1, -0.05) is 12.1 Å². The Kier molecular flexibility index (Phi) is 4.53. The first-order valence-corrected chi connectivity index (χ1v) is 6.83. The molecule has 1 fully saturated rings. The number of piperidine rings is 1. The number of likely N-dealkylation sites (N-methyl/N-ethyl adjacent to an activating group) is 1. The minimum atomic E-state index is -0.288. The van der Waals surface area contributed by atoms with Crippen LogP contribution in [0.15, 0.2) is 24.3 Å². The Balaban J connectivity index is 2.06. The van der Waals surface area contributed by atoms with Gasteiger partial charge in [-0.05, 0) is 44.5 Å². The summed E-state index contributed by atoms with van der Waals surface area (Å²) in [5.74, 6) is -0.485. The van der Waals surface area contributed by atoms with Crippen molar-refractivity contribution in [3.05, 3.63) is 35.6 Å². The Labute approximate surface area is 113 Å². The molecule has 2 atom stereocenters. The van der Waals surface area contributed by atoms with Gasteiger partial charge in [0.1, 0.15) is 5.82 Å². The van der Waals surface area contributed by atoms with E-state index in [0.717, 1.165) is 31.5 Å². The van der Waals surface area contributed by atoms with Gasteiger partial charge in [0, 0.05) is 19.1 Å². The summed E-state index contributed by atoms with van der Waals surface area (Å²) in [6, 6.07) is 6.68. The predicted molar refractivity (Wildman–Crippen MR) is 73.5 cm³/mol. The van der Waals surface area contributed by atoms with Crippen molar-refractivity contribution in [3.8, 4) is 0 Å². The number of hydrogen-bond donors (Lipinski definition) is 1. The maximum atomic E-state index is 13.2. The second-order valence-electron chi connectivity index (χ2n) is 5.19. The largest absolute Gasteiger partial charge is 0.341 e. The standard InChI is InChI=1S/C15H21FN2O/c1-11(12-5-3-6-13(16)9-12)15(19)18-8-4-7-14(10-18)17-2/h3,5-6,9,11,14,17H,4,7-8,10H2,1-2H3. The van der Waals surface area contributed by atoms with Crippen LogP contribution in [0.5, 0.6) is 0 Å². The van der Waals surface area contributed by atoms with Crippen molar-refractivity contribution in [2.45, 2.75) is 31.7 Å². The van der Waals surface area contributed by atoms with Crippen molar-refractivity contribution in [1.29, 1.82) is 0 Å². The van der Waals surface area contributed by atoms with Crippen LogP contribution in [0.4, 0.5) is 4.39 Å². The van der Waals surface area contributed by atoms with E-state index in [1.54, 1.807) is 6.07 Å². The molecule has 2 rings (SSSR count). The zero-order chi connectivity index (χ0) is 13.8. The van der Waals surface area contributed by atoms with Crippen molar-refractivity contribution in [2.75, 3.05) is 20.1 Å². The number of rotatable bonds is 3. The molecule has 1 aliphatic heterocycles. The number of benzene rings is 1. The average molecular weight is 264 g/mol. The van der Waals surface area contributed by atoms with Gasteiger partial charge in [0.2, 0.25) is 5.91 Å². The zero-order valence-corrected chi connectivity index (χ0v) is 11.5. The van der Waals surface area contributed by atoms with Crippen LogP contribution in [-0.2, 0) is 4.79 Å². The normalized spacial score (nSPS) is 21.2. The van der Waals surface area contributed by atoms with Gasteiger partial charge in [-0.15, -0.1) is 0 Å². The minimum Gasteiger partial charge on any atom is -0.341 e. The Morgan fingerprint density at radius 2 is 2.32 bits per heavy atom. The van der Waals surface area contributed by atoms with E-state index in [9.17, 15) is 9.18 Å². The van der Waals surface area contributed by atoms with Crippen LogP contribution in [0.3, 0.4) is 0 Å². The number of likely N-dealkylation sites (tertiary alicyclic amines) is 1. The number of nitrogens with zero attached hydrogens (tertiary/aromatic N) is 1. The van der Waals surface area contributed by atoms with Gasteiger partial charge in [0.25, 0.3) is 0 Å². The van der Waals surface area contributed by atoms with E-state index in [4.69, 9.17) is 0 Å². The molecule has 1 heterocycles. The predicted octanol–water partition coefficient (Wildman–Crippen LogP) is 2.14. The molecule has 0 bridgehead atoms. The monoisotopic (exact) mass is 264 g/mol. The van der Waals surface area contributed by atoms with Gasteiger partial charge in [-0.2, -0.15) is 0 Å². The van der Waals surface area contributed by atoms with E-state index in [2.05, 4.69) is 5.32 Å². The molecule has 0 spiro atoms. The highest BCUT2D eigenvalue weighted by atomic mass is 19.1. The summed E-state index contributed by atoms with van der Waals surface area (Å²) in [6.45, 7) is 3.39. The van der Waals surface area contributed by atoms with Gasteiger partial charge >= 0.3 is 0 Å². The fraction of sp³-hybridized carbons (Fsp3) is 0.533. The smallest absolute Gasteiger partial charge is 0.229 e. The molecule has 1 aromatic rings. The highest BCUT2D eigenvalue weighted by molar-refractivity contribution is 5.83. The molecule has 1 saturated heterocycles.